The van der Waals surface area contributed by atoms with E-state index in [-0.39, 0.29) is 24.8 Å². The van der Waals surface area contributed by atoms with E-state index in [1.54, 1.807) is 0 Å². The first-order valence-electron chi connectivity index (χ1n) is 7.86. The van der Waals surface area contributed by atoms with Crippen molar-refractivity contribution in [2.45, 2.75) is 44.8 Å². The molecule has 0 spiro atoms. The maximum absolute atomic E-state index is 5.78. The highest BCUT2D eigenvalue weighted by atomic mass is 35.5. The Labute approximate surface area is 147 Å². The summed E-state index contributed by atoms with van der Waals surface area (Å²) in [5, 5.41) is 0. The molecule has 128 valence electrons. The van der Waals surface area contributed by atoms with Gasteiger partial charge in [0.15, 0.2) is 0 Å². The van der Waals surface area contributed by atoms with Crippen LogP contribution in [0, 0.1) is 0 Å². The van der Waals surface area contributed by atoms with Gasteiger partial charge in [-0.2, -0.15) is 0 Å². The molecule has 1 aliphatic rings. The lowest BCUT2D eigenvalue weighted by atomic mass is 10.1. The fourth-order valence-electron chi connectivity index (χ4n) is 2.77. The van der Waals surface area contributed by atoms with E-state index in [2.05, 4.69) is 36.2 Å². The number of benzene rings is 1. The summed E-state index contributed by atoms with van der Waals surface area (Å²) in [5.41, 5.74) is 8.27. The maximum Gasteiger partial charge on any atom is 0.0587 e. The molecule has 1 atom stereocenters. The Morgan fingerprint density at radius 2 is 1.82 bits per heavy atom. The van der Waals surface area contributed by atoms with Crippen LogP contribution >= 0.6 is 24.8 Å². The zero-order valence-electron chi connectivity index (χ0n) is 13.5. The summed E-state index contributed by atoms with van der Waals surface area (Å²) in [5.74, 6) is 0. The van der Waals surface area contributed by atoms with E-state index in [1.807, 2.05) is 0 Å². The van der Waals surface area contributed by atoms with Gasteiger partial charge >= 0.3 is 0 Å². The zero-order valence-corrected chi connectivity index (χ0v) is 15.1. The molecular weight excluding hydrogens is 319 g/mol. The van der Waals surface area contributed by atoms with Crippen LogP contribution in [0.1, 0.15) is 36.8 Å². The van der Waals surface area contributed by atoms with Gasteiger partial charge in [-0.05, 0) is 56.8 Å². The van der Waals surface area contributed by atoms with E-state index < -0.39 is 0 Å². The highest BCUT2D eigenvalue weighted by Gasteiger charge is 2.14. The Bertz CT molecular complexity index is 381. The summed E-state index contributed by atoms with van der Waals surface area (Å²) in [7, 11) is 2.19. The molecule has 0 saturated carbocycles. The topological polar surface area (TPSA) is 38.5 Å². The largest absolute Gasteiger partial charge is 0.378 e. The molecule has 1 heterocycles. The van der Waals surface area contributed by atoms with E-state index >= 15 is 0 Å². The highest BCUT2D eigenvalue weighted by molar-refractivity contribution is 5.85. The smallest absolute Gasteiger partial charge is 0.0587 e. The van der Waals surface area contributed by atoms with Gasteiger partial charge in [0.25, 0.3) is 0 Å². The van der Waals surface area contributed by atoms with Crippen LogP contribution in [0.5, 0.6) is 0 Å². The standard InChI is InChI=1S/C17H28N2O.2ClH/c1-19(12-10-17-4-2-3-13-20-17)14-16-7-5-15(6-8-16)9-11-18;;/h5-8,17H,2-4,9-14,18H2,1H3;2*1H. The van der Waals surface area contributed by atoms with E-state index in [4.69, 9.17) is 10.5 Å². The summed E-state index contributed by atoms with van der Waals surface area (Å²) in [4.78, 5) is 2.38. The molecule has 0 amide bonds. The molecule has 2 N–H and O–H groups in total. The van der Waals surface area contributed by atoms with Gasteiger partial charge in [0.1, 0.15) is 0 Å². The molecule has 1 aromatic carbocycles. The van der Waals surface area contributed by atoms with Crippen LogP contribution in [0.25, 0.3) is 0 Å². The van der Waals surface area contributed by atoms with Crippen LogP contribution in [0.4, 0.5) is 0 Å². The number of halogens is 2. The third-order valence-electron chi connectivity index (χ3n) is 4.02. The number of hydrogen-bond acceptors (Lipinski definition) is 3. The molecule has 1 aromatic rings. The van der Waals surface area contributed by atoms with Crippen molar-refractivity contribution in [3.8, 4) is 0 Å². The van der Waals surface area contributed by atoms with E-state index in [0.717, 1.165) is 39.1 Å². The van der Waals surface area contributed by atoms with Crippen molar-refractivity contribution in [2.75, 3.05) is 26.7 Å². The Hall–Kier alpha value is -0.320. The summed E-state index contributed by atoms with van der Waals surface area (Å²) in [6.07, 6.45) is 6.41. The normalized spacial score (nSPS) is 17.7. The third kappa shape index (κ3) is 7.80. The fraction of sp³-hybridized carbons (Fsp3) is 0.647. The summed E-state index contributed by atoms with van der Waals surface area (Å²) < 4.78 is 5.78. The van der Waals surface area contributed by atoms with Gasteiger partial charge in [0, 0.05) is 19.7 Å². The number of nitrogens with two attached hydrogens (primary N) is 1. The van der Waals surface area contributed by atoms with Crippen molar-refractivity contribution < 1.29 is 4.74 Å². The van der Waals surface area contributed by atoms with E-state index in [9.17, 15) is 0 Å². The molecule has 0 bridgehead atoms. The minimum absolute atomic E-state index is 0. The molecule has 3 nitrogen and oxygen atoms in total. The Balaban J connectivity index is 0.00000220. The fourth-order valence-corrected chi connectivity index (χ4v) is 2.77. The lowest BCUT2D eigenvalue weighted by Gasteiger charge is -2.25. The van der Waals surface area contributed by atoms with Crippen LogP contribution in [-0.2, 0) is 17.7 Å². The predicted molar refractivity (Wildman–Crippen MR) is 98.2 cm³/mol. The number of nitrogens with zero attached hydrogens (tertiary/aromatic N) is 1. The molecule has 0 aliphatic carbocycles. The van der Waals surface area contributed by atoms with Gasteiger partial charge in [-0.15, -0.1) is 24.8 Å². The lowest BCUT2D eigenvalue weighted by Crippen LogP contribution is -2.26. The molecule has 1 aliphatic heterocycles. The average Bonchev–Trinajstić information content (AvgIpc) is 2.49. The maximum atomic E-state index is 5.78. The van der Waals surface area contributed by atoms with Crippen LogP contribution < -0.4 is 5.73 Å². The lowest BCUT2D eigenvalue weighted by molar-refractivity contribution is 0.00641. The SMILES string of the molecule is CN(CCC1CCCCO1)Cc1ccc(CCN)cc1.Cl.Cl. The molecular formula is C17H30Cl2N2O. The van der Waals surface area contributed by atoms with Crippen LogP contribution in [0.3, 0.4) is 0 Å². The summed E-state index contributed by atoms with van der Waals surface area (Å²) >= 11 is 0. The first-order valence-corrected chi connectivity index (χ1v) is 7.86. The molecule has 1 unspecified atom stereocenters. The molecule has 5 heteroatoms. The number of hydrogen-bond donors (Lipinski definition) is 1. The Kier molecular flexibility index (Phi) is 12.0. The third-order valence-corrected chi connectivity index (χ3v) is 4.02. The second kappa shape index (κ2) is 12.1. The summed E-state index contributed by atoms with van der Waals surface area (Å²) in [6.45, 7) is 3.79. The van der Waals surface area contributed by atoms with Crippen molar-refractivity contribution in [1.82, 2.24) is 4.90 Å². The first-order chi connectivity index (χ1) is 9.78. The van der Waals surface area contributed by atoms with Crippen molar-refractivity contribution in [1.29, 1.82) is 0 Å². The average molecular weight is 349 g/mol. The van der Waals surface area contributed by atoms with Crippen LogP contribution in [0.15, 0.2) is 24.3 Å². The van der Waals surface area contributed by atoms with E-state index in [0.29, 0.717) is 6.10 Å². The molecule has 0 aromatic heterocycles. The van der Waals surface area contributed by atoms with Gasteiger partial charge in [0.2, 0.25) is 0 Å². The second-order valence-electron chi connectivity index (χ2n) is 5.87. The minimum atomic E-state index is 0. The monoisotopic (exact) mass is 348 g/mol. The molecule has 0 radical (unpaired) electrons. The van der Waals surface area contributed by atoms with Gasteiger partial charge < -0.3 is 15.4 Å². The van der Waals surface area contributed by atoms with Crippen molar-refractivity contribution in [3.63, 3.8) is 0 Å². The first kappa shape index (κ1) is 21.7. The number of ether oxygens (including phenoxy) is 1. The highest BCUT2D eigenvalue weighted by Crippen LogP contribution is 2.16. The summed E-state index contributed by atoms with van der Waals surface area (Å²) in [6, 6.07) is 8.83. The van der Waals surface area contributed by atoms with Crippen molar-refractivity contribution in [2.24, 2.45) is 5.73 Å². The quantitative estimate of drug-likeness (QED) is 0.820. The van der Waals surface area contributed by atoms with Gasteiger partial charge in [-0.25, -0.2) is 0 Å². The van der Waals surface area contributed by atoms with Gasteiger partial charge in [-0.1, -0.05) is 24.3 Å². The van der Waals surface area contributed by atoms with Crippen molar-refractivity contribution >= 4 is 24.8 Å². The predicted octanol–water partition coefficient (Wildman–Crippen LogP) is 3.42. The van der Waals surface area contributed by atoms with Crippen molar-refractivity contribution in [3.05, 3.63) is 35.4 Å². The molecule has 22 heavy (non-hydrogen) atoms. The van der Waals surface area contributed by atoms with E-state index in [1.165, 1.54) is 30.4 Å². The molecule has 2 rings (SSSR count). The zero-order chi connectivity index (χ0) is 14.2. The Morgan fingerprint density at radius 3 is 2.41 bits per heavy atom. The second-order valence-corrected chi connectivity index (χ2v) is 5.87. The van der Waals surface area contributed by atoms with Gasteiger partial charge in [-0.3, -0.25) is 0 Å². The van der Waals surface area contributed by atoms with Crippen LogP contribution in [0.2, 0.25) is 0 Å². The number of rotatable bonds is 7. The molecule has 1 saturated heterocycles. The minimum Gasteiger partial charge on any atom is -0.378 e. The molecule has 1 fully saturated rings. The Morgan fingerprint density at radius 1 is 1.14 bits per heavy atom. The van der Waals surface area contributed by atoms with Gasteiger partial charge in [0.05, 0.1) is 6.10 Å². The van der Waals surface area contributed by atoms with Crippen LogP contribution in [-0.4, -0.2) is 37.7 Å².